The molecule has 4 aromatic rings. The first-order valence-electron chi connectivity index (χ1n) is 7.70. The van der Waals surface area contributed by atoms with Crippen LogP contribution in [0.5, 0.6) is 0 Å². The van der Waals surface area contributed by atoms with Crippen molar-refractivity contribution in [2.45, 2.75) is 4.90 Å². The molecule has 0 aliphatic heterocycles. The van der Waals surface area contributed by atoms with Gasteiger partial charge in [0.05, 0.1) is 20.7 Å². The Kier molecular flexibility index (Phi) is 4.06. The normalized spacial score (nSPS) is 11.5. The summed E-state index contributed by atoms with van der Waals surface area (Å²) in [4.78, 5) is 16.5. The molecular weight excluding hydrogens is 370 g/mol. The molecule has 0 spiro atoms. The molecular formula is C18H13N3O3S2. The third-order valence-electron chi connectivity index (χ3n) is 3.78. The zero-order chi connectivity index (χ0) is 18.1. The fourth-order valence-corrected chi connectivity index (χ4v) is 4.53. The highest BCUT2D eigenvalue weighted by atomic mass is 32.2. The van der Waals surface area contributed by atoms with Gasteiger partial charge in [-0.2, -0.15) is 0 Å². The molecule has 0 aliphatic rings. The van der Waals surface area contributed by atoms with Crippen molar-refractivity contribution in [2.75, 3.05) is 4.72 Å². The van der Waals surface area contributed by atoms with Crippen molar-refractivity contribution < 1.29 is 8.42 Å². The van der Waals surface area contributed by atoms with E-state index in [0.29, 0.717) is 11.1 Å². The van der Waals surface area contributed by atoms with E-state index >= 15 is 0 Å². The van der Waals surface area contributed by atoms with Crippen LogP contribution in [0.4, 0.5) is 5.82 Å². The van der Waals surface area contributed by atoms with Crippen molar-refractivity contribution >= 4 is 37.5 Å². The lowest BCUT2D eigenvalue weighted by Gasteiger charge is -2.08. The van der Waals surface area contributed by atoms with Gasteiger partial charge in [0, 0.05) is 6.20 Å². The first-order valence-corrected chi connectivity index (χ1v) is 9.96. The molecule has 0 fully saturated rings. The first-order chi connectivity index (χ1) is 12.5. The Balaban J connectivity index is 1.68. The fourth-order valence-electron chi connectivity index (χ4n) is 2.52. The number of aromatic nitrogens is 2. The Labute approximate surface area is 153 Å². The van der Waals surface area contributed by atoms with E-state index in [-0.39, 0.29) is 16.3 Å². The van der Waals surface area contributed by atoms with Crippen molar-refractivity contribution in [3.8, 4) is 5.69 Å². The molecule has 6 nitrogen and oxygen atoms in total. The molecule has 130 valence electrons. The number of hydrogen-bond donors (Lipinski definition) is 1. The average molecular weight is 383 g/mol. The third kappa shape index (κ3) is 3.00. The minimum absolute atomic E-state index is 0.0982. The topological polar surface area (TPSA) is 81.1 Å². The molecule has 0 amide bonds. The van der Waals surface area contributed by atoms with E-state index < -0.39 is 10.0 Å². The van der Waals surface area contributed by atoms with Crippen molar-refractivity contribution in [3.05, 3.63) is 83.3 Å². The molecule has 8 heteroatoms. The van der Waals surface area contributed by atoms with E-state index in [9.17, 15) is 13.2 Å². The van der Waals surface area contributed by atoms with Crippen LogP contribution in [0, 0.1) is 0 Å². The van der Waals surface area contributed by atoms with Crippen LogP contribution in [-0.4, -0.2) is 17.4 Å². The minimum Gasteiger partial charge on any atom is -0.267 e. The van der Waals surface area contributed by atoms with E-state index in [1.54, 1.807) is 40.4 Å². The Bertz CT molecular complexity index is 1230. The first kappa shape index (κ1) is 16.5. The smallest absolute Gasteiger partial charge is 0.267 e. The van der Waals surface area contributed by atoms with E-state index in [4.69, 9.17) is 0 Å². The number of fused-ring (bicyclic) bond motifs is 1. The van der Waals surface area contributed by atoms with Crippen molar-refractivity contribution in [2.24, 2.45) is 0 Å². The van der Waals surface area contributed by atoms with Crippen molar-refractivity contribution in [3.63, 3.8) is 0 Å². The van der Waals surface area contributed by atoms with Gasteiger partial charge in [-0.3, -0.25) is 9.52 Å². The molecule has 0 atom stereocenters. The van der Waals surface area contributed by atoms with Crippen LogP contribution in [0.3, 0.4) is 0 Å². The molecule has 2 aromatic heterocycles. The van der Waals surface area contributed by atoms with Crippen LogP contribution in [0.2, 0.25) is 0 Å². The predicted molar refractivity (Wildman–Crippen MR) is 102 cm³/mol. The molecule has 0 radical (unpaired) electrons. The summed E-state index contributed by atoms with van der Waals surface area (Å²) >= 11 is 1.32. The van der Waals surface area contributed by atoms with Crippen molar-refractivity contribution in [1.82, 2.24) is 8.94 Å². The van der Waals surface area contributed by atoms with E-state index in [0.717, 1.165) is 4.70 Å². The molecule has 4 rings (SSSR count). The molecule has 2 aromatic carbocycles. The third-order valence-corrected chi connectivity index (χ3v) is 6.26. The second kappa shape index (κ2) is 6.40. The van der Waals surface area contributed by atoms with Gasteiger partial charge in [-0.15, -0.1) is 0 Å². The summed E-state index contributed by atoms with van der Waals surface area (Å²) in [6.45, 7) is 0. The lowest BCUT2D eigenvalue weighted by Crippen LogP contribution is -2.14. The van der Waals surface area contributed by atoms with Crippen LogP contribution >= 0.6 is 11.5 Å². The SMILES string of the molecule is O=c1c2ccccc2sn1-c1ccc(S(=O)(=O)Nc2ccccn2)cc1. The molecule has 26 heavy (non-hydrogen) atoms. The summed E-state index contributed by atoms with van der Waals surface area (Å²) in [5, 5.41) is 0.644. The summed E-state index contributed by atoms with van der Waals surface area (Å²) < 4.78 is 29.7. The van der Waals surface area contributed by atoms with Crippen LogP contribution in [-0.2, 0) is 10.0 Å². The van der Waals surface area contributed by atoms with Gasteiger partial charge in [0.1, 0.15) is 5.82 Å². The zero-order valence-corrected chi connectivity index (χ0v) is 15.0. The van der Waals surface area contributed by atoms with Gasteiger partial charge in [0.2, 0.25) is 0 Å². The van der Waals surface area contributed by atoms with E-state index in [1.807, 2.05) is 18.2 Å². The maximum atomic E-state index is 12.5. The highest BCUT2D eigenvalue weighted by Gasteiger charge is 2.15. The number of rotatable bonds is 4. The van der Waals surface area contributed by atoms with E-state index in [2.05, 4.69) is 9.71 Å². The van der Waals surface area contributed by atoms with Crippen LogP contribution in [0.1, 0.15) is 0 Å². The Morgan fingerprint density at radius 1 is 0.923 bits per heavy atom. The fraction of sp³-hybridized carbons (Fsp3) is 0. The van der Waals surface area contributed by atoms with Crippen LogP contribution in [0.25, 0.3) is 15.8 Å². The molecule has 0 saturated heterocycles. The summed E-state index contributed by atoms with van der Waals surface area (Å²) in [5.41, 5.74) is 0.501. The number of hydrogen-bond acceptors (Lipinski definition) is 5. The Morgan fingerprint density at radius 3 is 2.35 bits per heavy atom. The number of benzene rings is 2. The van der Waals surface area contributed by atoms with E-state index in [1.165, 1.54) is 29.9 Å². The van der Waals surface area contributed by atoms with Gasteiger partial charge in [-0.25, -0.2) is 17.4 Å². The second-order valence-corrected chi connectivity index (χ2v) is 8.17. The predicted octanol–water partition coefficient (Wildman–Crippen LogP) is 3.25. The summed E-state index contributed by atoms with van der Waals surface area (Å²) in [6, 6.07) is 18.5. The quantitative estimate of drug-likeness (QED) is 0.587. The van der Waals surface area contributed by atoms with Gasteiger partial charge in [0.25, 0.3) is 15.6 Å². The number of nitrogens with zero attached hydrogens (tertiary/aromatic N) is 2. The monoisotopic (exact) mass is 383 g/mol. The number of sulfonamides is 1. The van der Waals surface area contributed by atoms with Gasteiger partial charge in [0.15, 0.2) is 0 Å². The van der Waals surface area contributed by atoms with Crippen LogP contribution < -0.4 is 10.3 Å². The lowest BCUT2D eigenvalue weighted by molar-refractivity contribution is 0.601. The van der Waals surface area contributed by atoms with Crippen molar-refractivity contribution in [1.29, 1.82) is 0 Å². The molecule has 2 heterocycles. The molecule has 0 saturated carbocycles. The minimum atomic E-state index is -3.74. The number of nitrogens with one attached hydrogen (secondary N) is 1. The highest BCUT2D eigenvalue weighted by molar-refractivity contribution is 7.92. The standard InChI is InChI=1S/C18H13N3O3S2/c22-18-15-5-1-2-6-16(15)25-21(18)13-8-10-14(11-9-13)26(23,24)20-17-7-3-4-12-19-17/h1-12H,(H,19,20). The van der Waals surface area contributed by atoms with Gasteiger partial charge < -0.3 is 0 Å². The zero-order valence-electron chi connectivity index (χ0n) is 13.4. The highest BCUT2D eigenvalue weighted by Crippen LogP contribution is 2.21. The number of pyridine rings is 1. The Morgan fingerprint density at radius 2 is 1.65 bits per heavy atom. The maximum absolute atomic E-state index is 12.5. The molecule has 0 bridgehead atoms. The van der Waals surface area contributed by atoms with Crippen LogP contribution in [0.15, 0.2) is 82.6 Å². The second-order valence-electron chi connectivity index (χ2n) is 5.50. The lowest BCUT2D eigenvalue weighted by atomic mass is 10.3. The molecule has 1 N–H and O–H groups in total. The molecule has 0 aliphatic carbocycles. The summed E-state index contributed by atoms with van der Waals surface area (Å²) in [7, 11) is -3.74. The summed E-state index contributed by atoms with van der Waals surface area (Å²) in [6.07, 6.45) is 1.51. The average Bonchev–Trinajstić information content (AvgIpc) is 2.99. The molecule has 0 unspecified atom stereocenters. The number of anilines is 1. The summed E-state index contributed by atoms with van der Waals surface area (Å²) in [5.74, 6) is 0.248. The Hall–Kier alpha value is -2.97. The van der Waals surface area contributed by atoms with Gasteiger partial charge >= 0.3 is 0 Å². The largest absolute Gasteiger partial charge is 0.273 e. The maximum Gasteiger partial charge on any atom is 0.273 e. The van der Waals surface area contributed by atoms with Gasteiger partial charge in [-0.05, 0) is 48.5 Å². The van der Waals surface area contributed by atoms with Gasteiger partial charge in [-0.1, -0.05) is 29.7 Å².